The van der Waals surface area contributed by atoms with Gasteiger partial charge in [0.05, 0.1) is 14.1 Å². The van der Waals surface area contributed by atoms with E-state index in [-0.39, 0.29) is 0 Å². The third kappa shape index (κ3) is 2.70. The second-order valence-corrected chi connectivity index (χ2v) is 6.27. The Kier molecular flexibility index (Phi) is 3.52. The zero-order valence-corrected chi connectivity index (χ0v) is 13.0. The maximum Gasteiger partial charge on any atom is 0.140 e. The van der Waals surface area contributed by atoms with E-state index in [9.17, 15) is 0 Å². The number of fused-ring (bicyclic) bond motifs is 1. The van der Waals surface area contributed by atoms with Crippen LogP contribution in [0.4, 0.5) is 5.69 Å². The predicted octanol–water partition coefficient (Wildman–Crippen LogP) is 4.92. The summed E-state index contributed by atoms with van der Waals surface area (Å²) in [6, 6.07) is 23.9. The van der Waals surface area contributed by atoms with E-state index in [0.29, 0.717) is 0 Å². The van der Waals surface area contributed by atoms with Crippen LogP contribution < -0.4 is 4.48 Å². The summed E-state index contributed by atoms with van der Waals surface area (Å²) in [5, 5.41) is 2.66. The molecule has 1 heteroatoms. The molecule has 3 rings (SSSR count). The summed E-state index contributed by atoms with van der Waals surface area (Å²) in [7, 11) is 4.57. The summed E-state index contributed by atoms with van der Waals surface area (Å²) in [5.74, 6) is 0. The maximum atomic E-state index is 2.29. The maximum absolute atomic E-state index is 2.29. The molecule has 0 heterocycles. The first-order valence-electron chi connectivity index (χ1n) is 7.44. The van der Waals surface area contributed by atoms with Gasteiger partial charge in [-0.1, -0.05) is 54.6 Å². The van der Waals surface area contributed by atoms with Gasteiger partial charge >= 0.3 is 0 Å². The van der Waals surface area contributed by atoms with E-state index >= 15 is 0 Å². The van der Waals surface area contributed by atoms with Crippen LogP contribution in [0.25, 0.3) is 10.8 Å². The van der Waals surface area contributed by atoms with Gasteiger partial charge in [-0.05, 0) is 30.0 Å². The van der Waals surface area contributed by atoms with Crippen molar-refractivity contribution in [3.05, 3.63) is 77.9 Å². The normalized spacial score (nSPS) is 11.8. The number of aryl methyl sites for hydroxylation is 1. The molecule has 0 radical (unpaired) electrons. The van der Waals surface area contributed by atoms with Gasteiger partial charge in [0.15, 0.2) is 0 Å². The fourth-order valence-electron chi connectivity index (χ4n) is 3.03. The molecule has 0 atom stereocenters. The Bertz CT molecular complexity index is 766. The molecular formula is C20H22N+. The van der Waals surface area contributed by atoms with Gasteiger partial charge in [0.1, 0.15) is 12.2 Å². The van der Waals surface area contributed by atoms with Crippen molar-refractivity contribution < 1.29 is 0 Å². The summed E-state index contributed by atoms with van der Waals surface area (Å²) in [6.45, 7) is 3.19. The van der Waals surface area contributed by atoms with Gasteiger partial charge < -0.3 is 0 Å². The highest BCUT2D eigenvalue weighted by Crippen LogP contribution is 2.31. The molecule has 0 aliphatic carbocycles. The number of hydrogen-bond acceptors (Lipinski definition) is 0. The minimum atomic E-state index is 0.853. The number of rotatable bonds is 3. The Labute approximate surface area is 127 Å². The Morgan fingerprint density at radius 3 is 2.24 bits per heavy atom. The van der Waals surface area contributed by atoms with Crippen molar-refractivity contribution >= 4 is 16.5 Å². The number of benzene rings is 3. The van der Waals surface area contributed by atoms with Crippen LogP contribution in [0.3, 0.4) is 0 Å². The van der Waals surface area contributed by atoms with Gasteiger partial charge in [0, 0.05) is 10.9 Å². The number of hydrogen-bond donors (Lipinski definition) is 0. The van der Waals surface area contributed by atoms with E-state index in [2.05, 4.69) is 87.7 Å². The first kappa shape index (κ1) is 13.8. The fourth-order valence-corrected chi connectivity index (χ4v) is 3.03. The lowest BCUT2D eigenvalue weighted by Gasteiger charge is -2.31. The monoisotopic (exact) mass is 276 g/mol. The van der Waals surface area contributed by atoms with Crippen molar-refractivity contribution in [3.63, 3.8) is 0 Å². The molecule has 0 aliphatic heterocycles. The van der Waals surface area contributed by atoms with Crippen LogP contribution in [0.15, 0.2) is 66.7 Å². The van der Waals surface area contributed by atoms with Crippen LogP contribution in [-0.2, 0) is 6.54 Å². The van der Waals surface area contributed by atoms with Gasteiger partial charge in [-0.15, -0.1) is 0 Å². The van der Waals surface area contributed by atoms with Crippen LogP contribution in [0, 0.1) is 6.92 Å². The van der Waals surface area contributed by atoms with Crippen LogP contribution in [0.2, 0.25) is 0 Å². The first-order valence-corrected chi connectivity index (χ1v) is 7.44. The first-order chi connectivity index (χ1) is 10.1. The zero-order chi connectivity index (χ0) is 14.9. The van der Waals surface area contributed by atoms with Crippen LogP contribution >= 0.6 is 0 Å². The van der Waals surface area contributed by atoms with E-state index < -0.39 is 0 Å². The molecule has 0 bridgehead atoms. The molecule has 0 fully saturated rings. The molecule has 0 saturated heterocycles. The van der Waals surface area contributed by atoms with Gasteiger partial charge in [-0.25, -0.2) is 0 Å². The molecule has 3 aromatic rings. The number of quaternary nitrogens is 1. The third-order valence-corrected chi connectivity index (χ3v) is 4.25. The molecule has 0 aromatic heterocycles. The van der Waals surface area contributed by atoms with E-state index in [1.165, 1.54) is 27.6 Å². The topological polar surface area (TPSA) is 0 Å². The van der Waals surface area contributed by atoms with Gasteiger partial charge in [-0.2, -0.15) is 0 Å². The van der Waals surface area contributed by atoms with Crippen molar-refractivity contribution in [3.8, 4) is 0 Å². The highest BCUT2D eigenvalue weighted by molar-refractivity contribution is 5.93. The summed E-state index contributed by atoms with van der Waals surface area (Å²) >= 11 is 0. The average Bonchev–Trinajstić information content (AvgIpc) is 2.49. The Hall–Kier alpha value is -2.12. The largest absolute Gasteiger partial charge is 0.292 e. The number of nitrogens with zero attached hydrogens (tertiary/aromatic N) is 1. The van der Waals surface area contributed by atoms with Crippen molar-refractivity contribution in [2.45, 2.75) is 13.5 Å². The molecule has 0 aliphatic rings. The molecule has 3 aromatic carbocycles. The predicted molar refractivity (Wildman–Crippen MR) is 92.5 cm³/mol. The summed E-state index contributed by atoms with van der Waals surface area (Å²) in [5.41, 5.74) is 4.15. The van der Waals surface area contributed by atoms with E-state index in [1.54, 1.807) is 0 Å². The second-order valence-electron chi connectivity index (χ2n) is 6.27. The standard InChI is InChI=1S/C20H22N/c1-16-9-4-5-11-18(16)15-21(2,3)20-14-8-12-17-10-6-7-13-19(17)20/h4-14H,15H2,1-3H3/q+1. The summed E-state index contributed by atoms with van der Waals surface area (Å²) in [6.07, 6.45) is 0. The lowest BCUT2D eigenvalue weighted by molar-refractivity contribution is 0.394. The second kappa shape index (κ2) is 5.34. The van der Waals surface area contributed by atoms with E-state index in [4.69, 9.17) is 0 Å². The van der Waals surface area contributed by atoms with Crippen molar-refractivity contribution in [1.29, 1.82) is 0 Å². The highest BCUT2D eigenvalue weighted by atomic mass is 15.3. The molecule has 106 valence electrons. The quantitative estimate of drug-likeness (QED) is 0.596. The van der Waals surface area contributed by atoms with Crippen LogP contribution in [0.1, 0.15) is 11.1 Å². The lowest BCUT2D eigenvalue weighted by Crippen LogP contribution is -2.39. The molecule has 0 N–H and O–H groups in total. The van der Waals surface area contributed by atoms with E-state index in [1.807, 2.05) is 0 Å². The molecule has 0 unspecified atom stereocenters. The Morgan fingerprint density at radius 2 is 1.43 bits per heavy atom. The molecule has 0 spiro atoms. The fraction of sp³-hybridized carbons (Fsp3) is 0.200. The van der Waals surface area contributed by atoms with Gasteiger partial charge in [-0.3, -0.25) is 4.48 Å². The molecule has 0 saturated carbocycles. The van der Waals surface area contributed by atoms with Gasteiger partial charge in [0.2, 0.25) is 0 Å². The summed E-state index contributed by atoms with van der Waals surface area (Å²) in [4.78, 5) is 0. The van der Waals surface area contributed by atoms with E-state index in [0.717, 1.165) is 11.0 Å². The highest BCUT2D eigenvalue weighted by Gasteiger charge is 2.22. The molecular weight excluding hydrogens is 254 g/mol. The zero-order valence-electron chi connectivity index (χ0n) is 13.0. The van der Waals surface area contributed by atoms with Crippen molar-refractivity contribution in [2.75, 3.05) is 14.1 Å². The SMILES string of the molecule is Cc1ccccc1C[N+](C)(C)c1cccc2ccccc12. The molecule has 0 amide bonds. The van der Waals surface area contributed by atoms with Crippen LogP contribution in [-0.4, -0.2) is 14.1 Å². The summed E-state index contributed by atoms with van der Waals surface area (Å²) < 4.78 is 0.853. The Balaban J connectivity index is 2.06. The third-order valence-electron chi connectivity index (χ3n) is 4.25. The van der Waals surface area contributed by atoms with Crippen molar-refractivity contribution in [2.24, 2.45) is 0 Å². The minimum Gasteiger partial charge on any atom is -0.292 e. The van der Waals surface area contributed by atoms with Crippen LogP contribution in [0.5, 0.6) is 0 Å². The Morgan fingerprint density at radius 1 is 0.762 bits per heavy atom. The lowest BCUT2D eigenvalue weighted by atomic mass is 10.0. The molecule has 1 nitrogen and oxygen atoms in total. The molecule has 21 heavy (non-hydrogen) atoms. The average molecular weight is 276 g/mol. The van der Waals surface area contributed by atoms with Crippen molar-refractivity contribution in [1.82, 2.24) is 4.48 Å². The smallest absolute Gasteiger partial charge is 0.140 e. The van der Waals surface area contributed by atoms with Gasteiger partial charge in [0.25, 0.3) is 0 Å². The minimum absolute atomic E-state index is 0.853.